The molecule has 0 N–H and O–H groups in total. The van der Waals surface area contributed by atoms with E-state index in [1.807, 2.05) is 4.90 Å². The molecule has 2 amide bonds. The van der Waals surface area contributed by atoms with E-state index < -0.39 is 0 Å². The van der Waals surface area contributed by atoms with Crippen LogP contribution in [0.4, 0.5) is 15.8 Å². The Morgan fingerprint density at radius 3 is 2.35 bits per heavy atom. The molecule has 1 atom stereocenters. The molecular weight excluding hydrogens is 401 g/mol. The van der Waals surface area contributed by atoms with Crippen LogP contribution in [-0.2, 0) is 9.59 Å². The van der Waals surface area contributed by atoms with Crippen LogP contribution in [0, 0.1) is 11.7 Å². The summed E-state index contributed by atoms with van der Waals surface area (Å²) in [4.78, 5) is 31.4. The minimum atomic E-state index is -0.388. The third-order valence-electron chi connectivity index (χ3n) is 5.93. The maximum absolute atomic E-state index is 13.2. The van der Waals surface area contributed by atoms with E-state index in [0.717, 1.165) is 5.69 Å². The summed E-state index contributed by atoms with van der Waals surface area (Å²) < 4.78 is 23.8. The number of carbonyl (C=O) groups excluding carboxylic acids is 2. The van der Waals surface area contributed by atoms with E-state index in [0.29, 0.717) is 49.9 Å². The third-order valence-corrected chi connectivity index (χ3v) is 5.93. The van der Waals surface area contributed by atoms with E-state index in [-0.39, 0.29) is 30.0 Å². The van der Waals surface area contributed by atoms with E-state index in [4.69, 9.17) is 9.47 Å². The molecule has 164 valence electrons. The van der Waals surface area contributed by atoms with Crippen molar-refractivity contribution in [3.8, 4) is 11.5 Å². The van der Waals surface area contributed by atoms with Crippen LogP contribution in [0.15, 0.2) is 42.5 Å². The smallest absolute Gasteiger partial charge is 0.228 e. The number of methoxy groups -OCH3 is 2. The van der Waals surface area contributed by atoms with Crippen molar-refractivity contribution in [3.05, 3.63) is 48.3 Å². The van der Waals surface area contributed by atoms with Crippen LogP contribution in [0.5, 0.6) is 11.5 Å². The van der Waals surface area contributed by atoms with Crippen molar-refractivity contribution in [2.75, 3.05) is 56.7 Å². The van der Waals surface area contributed by atoms with Gasteiger partial charge in [-0.25, -0.2) is 4.39 Å². The molecule has 8 heteroatoms. The molecule has 2 aliphatic heterocycles. The topological polar surface area (TPSA) is 62.3 Å². The fourth-order valence-electron chi connectivity index (χ4n) is 4.21. The zero-order chi connectivity index (χ0) is 22.0. The number of piperazine rings is 1. The van der Waals surface area contributed by atoms with Crippen molar-refractivity contribution in [2.45, 2.75) is 6.42 Å². The number of halogens is 1. The zero-order valence-electron chi connectivity index (χ0n) is 17.7. The Hall–Kier alpha value is -3.29. The van der Waals surface area contributed by atoms with Gasteiger partial charge in [0.15, 0.2) is 0 Å². The van der Waals surface area contributed by atoms with Crippen LogP contribution in [0.1, 0.15) is 6.42 Å². The van der Waals surface area contributed by atoms with Crippen molar-refractivity contribution in [3.63, 3.8) is 0 Å². The molecular formula is C23H26FN3O4. The van der Waals surface area contributed by atoms with Gasteiger partial charge in [0.2, 0.25) is 11.8 Å². The van der Waals surface area contributed by atoms with Gasteiger partial charge in [0.25, 0.3) is 0 Å². The van der Waals surface area contributed by atoms with Gasteiger partial charge in [-0.1, -0.05) is 0 Å². The lowest BCUT2D eigenvalue weighted by Gasteiger charge is -2.37. The summed E-state index contributed by atoms with van der Waals surface area (Å²) >= 11 is 0. The van der Waals surface area contributed by atoms with Gasteiger partial charge in [-0.2, -0.15) is 0 Å². The number of carbonyl (C=O) groups is 2. The first kappa shape index (κ1) is 21.0. The maximum atomic E-state index is 13.2. The highest BCUT2D eigenvalue weighted by molar-refractivity contribution is 6.01. The maximum Gasteiger partial charge on any atom is 0.228 e. The molecule has 7 nitrogen and oxygen atoms in total. The van der Waals surface area contributed by atoms with Crippen molar-refractivity contribution in [2.24, 2.45) is 5.92 Å². The van der Waals surface area contributed by atoms with Gasteiger partial charge in [0.1, 0.15) is 17.3 Å². The Morgan fingerprint density at radius 1 is 1.00 bits per heavy atom. The molecule has 2 aromatic carbocycles. The molecule has 4 rings (SSSR count). The standard InChI is InChI=1S/C23H26FN3O4/c1-30-19-7-8-21(31-2)20(14-19)27-15-16(13-22(27)28)23(29)26-11-9-25(10-12-26)18-5-3-17(24)4-6-18/h3-8,14,16H,9-13,15H2,1-2H3/t16-/m0/s1. The zero-order valence-corrected chi connectivity index (χ0v) is 17.7. The van der Waals surface area contributed by atoms with Crippen molar-refractivity contribution < 1.29 is 23.5 Å². The average Bonchev–Trinajstić information content (AvgIpc) is 3.20. The molecule has 0 aromatic heterocycles. The number of rotatable bonds is 5. The number of hydrogen-bond donors (Lipinski definition) is 0. The van der Waals surface area contributed by atoms with E-state index in [1.165, 1.54) is 12.1 Å². The van der Waals surface area contributed by atoms with Crippen LogP contribution in [0.25, 0.3) is 0 Å². The molecule has 0 bridgehead atoms. The fraction of sp³-hybridized carbons (Fsp3) is 0.391. The van der Waals surface area contributed by atoms with Crippen LogP contribution in [0.2, 0.25) is 0 Å². The molecule has 0 unspecified atom stereocenters. The normalized spacial score (nSPS) is 19.0. The predicted octanol–water partition coefficient (Wildman–Crippen LogP) is 2.54. The molecule has 0 aliphatic carbocycles. The summed E-state index contributed by atoms with van der Waals surface area (Å²) in [5.74, 6) is 0.429. The van der Waals surface area contributed by atoms with Crippen molar-refractivity contribution in [1.82, 2.24) is 4.90 Å². The summed E-state index contributed by atoms with van der Waals surface area (Å²) in [7, 11) is 3.12. The summed E-state index contributed by atoms with van der Waals surface area (Å²) in [6.45, 7) is 2.81. The Bertz CT molecular complexity index is 958. The lowest BCUT2D eigenvalue weighted by atomic mass is 10.1. The minimum absolute atomic E-state index is 0.00327. The summed E-state index contributed by atoms with van der Waals surface area (Å²) in [5.41, 5.74) is 1.56. The highest BCUT2D eigenvalue weighted by atomic mass is 19.1. The predicted molar refractivity (Wildman–Crippen MR) is 115 cm³/mol. The highest BCUT2D eigenvalue weighted by Crippen LogP contribution is 2.36. The van der Waals surface area contributed by atoms with Gasteiger partial charge < -0.3 is 24.2 Å². The number of ether oxygens (including phenoxy) is 2. The average molecular weight is 427 g/mol. The highest BCUT2D eigenvalue weighted by Gasteiger charge is 2.39. The molecule has 0 spiro atoms. The first-order valence-electron chi connectivity index (χ1n) is 10.3. The molecule has 31 heavy (non-hydrogen) atoms. The van der Waals surface area contributed by atoms with Crippen LogP contribution >= 0.6 is 0 Å². The van der Waals surface area contributed by atoms with Crippen LogP contribution in [0.3, 0.4) is 0 Å². The Kier molecular flexibility index (Phi) is 5.97. The van der Waals surface area contributed by atoms with E-state index >= 15 is 0 Å². The summed E-state index contributed by atoms with van der Waals surface area (Å²) in [6, 6.07) is 11.7. The summed E-state index contributed by atoms with van der Waals surface area (Å²) in [6.07, 6.45) is 0.178. The lowest BCUT2D eigenvalue weighted by Crippen LogP contribution is -2.50. The van der Waals surface area contributed by atoms with E-state index in [1.54, 1.807) is 49.5 Å². The van der Waals surface area contributed by atoms with Gasteiger partial charge >= 0.3 is 0 Å². The van der Waals surface area contributed by atoms with Crippen molar-refractivity contribution in [1.29, 1.82) is 0 Å². The Balaban J connectivity index is 1.41. The molecule has 2 heterocycles. The quantitative estimate of drug-likeness (QED) is 0.734. The molecule has 0 saturated carbocycles. The largest absolute Gasteiger partial charge is 0.497 e. The third kappa shape index (κ3) is 4.28. The second kappa shape index (κ2) is 8.83. The molecule has 2 aliphatic rings. The second-order valence-corrected chi connectivity index (χ2v) is 7.73. The molecule has 2 aromatic rings. The number of amides is 2. The SMILES string of the molecule is COc1ccc(OC)c(N2C[C@@H](C(=O)N3CCN(c4ccc(F)cc4)CC3)CC2=O)c1. The van der Waals surface area contributed by atoms with Gasteiger partial charge in [-0.3, -0.25) is 9.59 Å². The summed E-state index contributed by atoms with van der Waals surface area (Å²) in [5, 5.41) is 0. The fourth-order valence-corrected chi connectivity index (χ4v) is 4.21. The van der Waals surface area contributed by atoms with Gasteiger partial charge in [0, 0.05) is 50.9 Å². The molecule has 2 saturated heterocycles. The van der Waals surface area contributed by atoms with E-state index in [2.05, 4.69) is 4.90 Å². The lowest BCUT2D eigenvalue weighted by molar-refractivity contribution is -0.136. The molecule has 2 fully saturated rings. The number of anilines is 2. The van der Waals surface area contributed by atoms with Crippen molar-refractivity contribution >= 4 is 23.2 Å². The first-order chi connectivity index (χ1) is 15.0. The van der Waals surface area contributed by atoms with Crippen LogP contribution in [-0.4, -0.2) is 63.7 Å². The van der Waals surface area contributed by atoms with Gasteiger partial charge in [-0.15, -0.1) is 0 Å². The Labute approximate surface area is 180 Å². The van der Waals surface area contributed by atoms with E-state index in [9.17, 15) is 14.0 Å². The second-order valence-electron chi connectivity index (χ2n) is 7.73. The number of hydrogen-bond acceptors (Lipinski definition) is 5. The molecule has 0 radical (unpaired) electrons. The number of benzene rings is 2. The first-order valence-corrected chi connectivity index (χ1v) is 10.3. The Morgan fingerprint density at radius 2 is 1.71 bits per heavy atom. The van der Waals surface area contributed by atoms with Gasteiger partial charge in [-0.05, 0) is 36.4 Å². The van der Waals surface area contributed by atoms with Crippen LogP contribution < -0.4 is 19.3 Å². The minimum Gasteiger partial charge on any atom is -0.497 e. The monoisotopic (exact) mass is 427 g/mol. The van der Waals surface area contributed by atoms with Gasteiger partial charge in [0.05, 0.1) is 25.8 Å². The number of nitrogens with zero attached hydrogens (tertiary/aromatic N) is 3.